The summed E-state index contributed by atoms with van der Waals surface area (Å²) >= 11 is 0. The maximum absolute atomic E-state index is 0. The van der Waals surface area contributed by atoms with Crippen molar-refractivity contribution in [3.05, 3.63) is 7.43 Å². The Hall–Kier alpha value is 1.16. The van der Waals surface area contributed by atoms with Crippen LogP contribution in [0.2, 0.25) is 0 Å². The van der Waals surface area contributed by atoms with Crippen molar-refractivity contribution in [3.63, 3.8) is 0 Å². The minimum atomic E-state index is 0. The van der Waals surface area contributed by atoms with E-state index >= 15 is 0 Å². The second-order valence-electron chi connectivity index (χ2n) is 0. The monoisotopic (exact) mass is 157 g/mol. The van der Waals surface area contributed by atoms with Crippen molar-refractivity contribution >= 4 is 49.6 Å². The van der Waals surface area contributed by atoms with E-state index in [0.717, 1.165) is 0 Å². The van der Waals surface area contributed by atoms with Crippen molar-refractivity contribution in [3.8, 4) is 0 Å². The fourth-order valence-electron chi connectivity index (χ4n) is 0. The average Bonchev–Trinajstić information content (AvgIpc) is 0. The molecule has 5 heavy (non-hydrogen) atoms. The molecule has 0 N–H and O–H groups in total. The van der Waals surface area contributed by atoms with Gasteiger partial charge in [-0.25, -0.2) is 0 Å². The van der Waals surface area contributed by atoms with Crippen molar-refractivity contribution in [2.45, 2.75) is 0 Å². The fourth-order valence-corrected chi connectivity index (χ4v) is 0. The molecule has 0 saturated heterocycles. The molecular formula is CH5Cl4. The molecule has 0 aliphatic carbocycles. The molecule has 0 nitrogen and oxygen atoms in total. The van der Waals surface area contributed by atoms with E-state index in [9.17, 15) is 0 Å². The van der Waals surface area contributed by atoms with Crippen LogP contribution in [0.1, 0.15) is 0 Å². The van der Waals surface area contributed by atoms with Gasteiger partial charge in [-0.05, 0) is 7.43 Å². The summed E-state index contributed by atoms with van der Waals surface area (Å²) in [6.45, 7) is 0. The van der Waals surface area contributed by atoms with Crippen molar-refractivity contribution < 1.29 is 0 Å². The molecule has 0 aromatic carbocycles. The second-order valence-corrected chi connectivity index (χ2v) is 0. The summed E-state index contributed by atoms with van der Waals surface area (Å²) in [5.74, 6) is 0. The summed E-state index contributed by atoms with van der Waals surface area (Å²) in [6.07, 6.45) is 0. The quantitative estimate of drug-likeness (QED) is 0.506. The Kier molecular flexibility index (Phi) is 1620. The van der Waals surface area contributed by atoms with Crippen molar-refractivity contribution in [1.29, 1.82) is 0 Å². The van der Waals surface area contributed by atoms with Crippen molar-refractivity contribution in [2.24, 2.45) is 0 Å². The van der Waals surface area contributed by atoms with Crippen LogP contribution in [-0.4, -0.2) is 0 Å². The normalized spacial score (nSPS) is 0. The van der Waals surface area contributed by atoms with E-state index in [1.807, 2.05) is 0 Å². The van der Waals surface area contributed by atoms with Gasteiger partial charge in [0, 0.05) is 0 Å². The Morgan fingerprint density at radius 2 is 0.400 bits per heavy atom. The second kappa shape index (κ2) is 66.4. The van der Waals surface area contributed by atoms with Gasteiger partial charge in [0.25, 0.3) is 0 Å². The zero-order valence-electron chi connectivity index (χ0n) is 2.21. The van der Waals surface area contributed by atoms with E-state index in [1.54, 1.807) is 0 Å². The standard InChI is InChI=1S/CH.4ClH/h5*1H. The number of halogens is 4. The van der Waals surface area contributed by atoms with E-state index in [4.69, 9.17) is 0 Å². The average molecular weight is 159 g/mol. The van der Waals surface area contributed by atoms with E-state index in [-0.39, 0.29) is 57.1 Å². The first-order valence-electron chi connectivity index (χ1n) is 0. The Morgan fingerprint density at radius 1 is 0.400 bits per heavy atom. The molecule has 0 spiro atoms. The molecule has 0 heterocycles. The van der Waals surface area contributed by atoms with Crippen LogP contribution in [0.5, 0.6) is 0 Å². The molecule has 0 fully saturated rings. The van der Waals surface area contributed by atoms with E-state index in [2.05, 4.69) is 0 Å². The summed E-state index contributed by atoms with van der Waals surface area (Å²) in [6, 6.07) is 0. The molecule has 0 atom stereocenters. The lowest BCUT2D eigenvalue weighted by molar-refractivity contribution is 3.24. The maximum atomic E-state index is 0. The van der Waals surface area contributed by atoms with Crippen LogP contribution in [0.3, 0.4) is 0 Å². The van der Waals surface area contributed by atoms with Gasteiger partial charge < -0.3 is 0 Å². The summed E-state index contributed by atoms with van der Waals surface area (Å²) < 4.78 is 0. The molecule has 0 unspecified atom stereocenters. The molecular weight excluding hydrogens is 154 g/mol. The molecule has 0 aliphatic rings. The molecule has 0 saturated carbocycles. The van der Waals surface area contributed by atoms with Gasteiger partial charge >= 0.3 is 0 Å². The predicted molar refractivity (Wildman–Crippen MR) is 33.3 cm³/mol. The molecule has 0 aromatic rings. The number of rotatable bonds is 0. The molecule has 4 heteroatoms. The van der Waals surface area contributed by atoms with Gasteiger partial charge in [0.15, 0.2) is 0 Å². The predicted octanol–water partition coefficient (Wildman–Crippen LogP) is 1.89. The highest BCUT2D eigenvalue weighted by atomic mass is 35.5. The van der Waals surface area contributed by atoms with Gasteiger partial charge in [-0.1, -0.05) is 0 Å². The molecule has 0 rings (SSSR count). The third-order valence-electron chi connectivity index (χ3n) is 0. The van der Waals surface area contributed by atoms with E-state index in [0.29, 0.717) is 0 Å². The zero-order valence-corrected chi connectivity index (χ0v) is 5.48. The minimum absolute atomic E-state index is 0. The van der Waals surface area contributed by atoms with E-state index in [1.165, 1.54) is 0 Å². The zero-order chi connectivity index (χ0) is 0. The summed E-state index contributed by atoms with van der Waals surface area (Å²) in [5, 5.41) is 0. The summed E-state index contributed by atoms with van der Waals surface area (Å²) in [7, 11) is 0. The first kappa shape index (κ1) is 122. The first-order valence-corrected chi connectivity index (χ1v) is 0. The molecule has 0 aliphatic heterocycles. The minimum Gasteiger partial charge on any atom is -0.147 e. The Bertz CT molecular complexity index is 3.61. The van der Waals surface area contributed by atoms with Gasteiger partial charge in [-0.2, -0.15) is 0 Å². The Balaban J connectivity index is 0. The number of hydrogen-bond donors (Lipinski definition) is 0. The first-order chi connectivity index (χ1) is 0. The Morgan fingerprint density at radius 3 is 0.400 bits per heavy atom. The van der Waals surface area contributed by atoms with Gasteiger partial charge in [0.05, 0.1) is 0 Å². The van der Waals surface area contributed by atoms with Crippen LogP contribution in [-0.2, 0) is 0 Å². The van der Waals surface area contributed by atoms with Crippen LogP contribution in [0, 0.1) is 7.43 Å². The molecule has 0 bridgehead atoms. The SMILES string of the molecule is Cl.Cl.Cl.Cl.[CH]. The molecule has 3 radical (unpaired) electrons. The van der Waals surface area contributed by atoms with E-state index < -0.39 is 0 Å². The van der Waals surface area contributed by atoms with Gasteiger partial charge in [-0.3, -0.25) is 0 Å². The molecule has 37 valence electrons. The van der Waals surface area contributed by atoms with Gasteiger partial charge in [0.2, 0.25) is 0 Å². The third kappa shape index (κ3) is 38.3. The van der Waals surface area contributed by atoms with Gasteiger partial charge in [-0.15, -0.1) is 49.6 Å². The lowest BCUT2D eigenvalue weighted by atomic mass is 12.0. The highest BCUT2D eigenvalue weighted by molar-refractivity contribution is 5.86. The maximum Gasteiger partial charge on any atom is -0.0312 e. The van der Waals surface area contributed by atoms with Crippen molar-refractivity contribution in [1.82, 2.24) is 0 Å². The number of hydrogen-bond acceptors (Lipinski definition) is 0. The highest BCUT2D eigenvalue weighted by Crippen LogP contribution is 0.693. The molecule has 0 aromatic heterocycles. The summed E-state index contributed by atoms with van der Waals surface area (Å²) in [4.78, 5) is 0. The summed E-state index contributed by atoms with van der Waals surface area (Å²) in [5.41, 5.74) is 0. The van der Waals surface area contributed by atoms with Crippen LogP contribution in [0.4, 0.5) is 0 Å². The largest absolute Gasteiger partial charge is 0.147 e. The van der Waals surface area contributed by atoms with Crippen LogP contribution >= 0.6 is 49.6 Å². The Labute approximate surface area is 57.4 Å². The van der Waals surface area contributed by atoms with Crippen LogP contribution < -0.4 is 0 Å². The highest BCUT2D eigenvalue weighted by Gasteiger charge is -0.0312. The van der Waals surface area contributed by atoms with Crippen LogP contribution in [0.15, 0.2) is 0 Å². The lowest BCUT2D eigenvalue weighted by Gasteiger charge is -0.148. The van der Waals surface area contributed by atoms with Crippen molar-refractivity contribution in [2.75, 3.05) is 0 Å². The topological polar surface area (TPSA) is 0 Å². The smallest absolute Gasteiger partial charge is 0.0312 e. The van der Waals surface area contributed by atoms with Gasteiger partial charge in [0.1, 0.15) is 0 Å². The third-order valence-corrected chi connectivity index (χ3v) is 0. The fraction of sp³-hybridized carbons (Fsp3) is 0. The van der Waals surface area contributed by atoms with Crippen LogP contribution in [0.25, 0.3) is 0 Å². The molecule has 0 amide bonds. The lowest BCUT2D eigenvalue weighted by Crippen LogP contribution is 0.0813.